The minimum atomic E-state index is -0.114. The van der Waals surface area contributed by atoms with Gasteiger partial charge in [0, 0.05) is 0 Å². The van der Waals surface area contributed by atoms with Crippen LogP contribution in [0.1, 0.15) is 17.2 Å². The van der Waals surface area contributed by atoms with Gasteiger partial charge in [0.1, 0.15) is 0 Å². The van der Waals surface area contributed by atoms with Crippen molar-refractivity contribution < 1.29 is 10.1 Å². The van der Waals surface area contributed by atoms with Gasteiger partial charge in [-0.25, -0.2) is 0 Å². The third kappa shape index (κ3) is 4.58. The number of hydrogen-bond acceptors (Lipinski definition) is 1. The summed E-state index contributed by atoms with van der Waals surface area (Å²) in [4.78, 5) is 12.1. The number of carbonyl (C=O) groups excluding carboxylic acids is 1. The summed E-state index contributed by atoms with van der Waals surface area (Å²) in [6.07, 6.45) is 1.79. The van der Waals surface area contributed by atoms with Gasteiger partial charge in [-0.1, -0.05) is 67.2 Å². The monoisotopic (exact) mass is 281 g/mol. The Morgan fingerprint density at radius 1 is 1.05 bits per heavy atom. The number of hydrogen-bond donors (Lipinski definition) is 2. The van der Waals surface area contributed by atoms with Crippen LogP contribution in [0.5, 0.6) is 0 Å². The molecule has 3 heteroatoms. The Bertz CT molecular complexity index is 527. The van der Waals surface area contributed by atoms with Gasteiger partial charge in [0.05, 0.1) is 12.6 Å². The standard InChI is InChI=1S/C18H20N2O/c1-2-13-19-14-17(21)20-18(15-9-5-3-6-10-15)16-11-7-4-8-12-16/h2-12,18-19H,1,13-14H2,(H,20,21)/p+1. The van der Waals surface area contributed by atoms with Gasteiger partial charge in [0.15, 0.2) is 6.54 Å². The third-order valence-corrected chi connectivity index (χ3v) is 3.23. The van der Waals surface area contributed by atoms with Crippen molar-refractivity contribution in [1.82, 2.24) is 5.32 Å². The fourth-order valence-corrected chi connectivity index (χ4v) is 2.20. The van der Waals surface area contributed by atoms with Crippen LogP contribution in [0.15, 0.2) is 73.3 Å². The summed E-state index contributed by atoms with van der Waals surface area (Å²) in [5.41, 5.74) is 2.17. The number of quaternary nitrogens is 1. The van der Waals surface area contributed by atoms with Crippen molar-refractivity contribution >= 4 is 5.91 Å². The Morgan fingerprint density at radius 2 is 1.57 bits per heavy atom. The Hall–Kier alpha value is -2.39. The first-order valence-electron chi connectivity index (χ1n) is 7.13. The largest absolute Gasteiger partial charge is 0.340 e. The van der Waals surface area contributed by atoms with E-state index in [0.29, 0.717) is 6.54 Å². The van der Waals surface area contributed by atoms with Crippen LogP contribution in [-0.4, -0.2) is 19.0 Å². The molecule has 3 N–H and O–H groups in total. The second kappa shape index (κ2) is 8.02. The molecule has 0 aliphatic carbocycles. The minimum absolute atomic E-state index is 0.0227. The fraction of sp³-hybridized carbons (Fsp3) is 0.167. The highest BCUT2D eigenvalue weighted by atomic mass is 16.1. The maximum Gasteiger partial charge on any atom is 0.275 e. The van der Waals surface area contributed by atoms with E-state index in [1.54, 1.807) is 6.08 Å². The molecule has 3 nitrogen and oxygen atoms in total. The van der Waals surface area contributed by atoms with Crippen molar-refractivity contribution in [2.24, 2.45) is 0 Å². The average molecular weight is 281 g/mol. The van der Waals surface area contributed by atoms with Gasteiger partial charge >= 0.3 is 0 Å². The molecule has 2 aromatic carbocycles. The minimum Gasteiger partial charge on any atom is -0.340 e. The molecular formula is C18H21N2O+. The fourth-order valence-electron chi connectivity index (χ4n) is 2.20. The van der Waals surface area contributed by atoms with Gasteiger partial charge in [-0.15, -0.1) is 0 Å². The van der Waals surface area contributed by atoms with Crippen LogP contribution >= 0.6 is 0 Å². The lowest BCUT2D eigenvalue weighted by Gasteiger charge is -2.19. The van der Waals surface area contributed by atoms with Gasteiger partial charge in [-0.2, -0.15) is 0 Å². The zero-order valence-corrected chi connectivity index (χ0v) is 12.0. The Balaban J connectivity index is 2.14. The molecule has 108 valence electrons. The van der Waals surface area contributed by atoms with Crippen molar-refractivity contribution in [3.8, 4) is 0 Å². The predicted octanol–water partition coefficient (Wildman–Crippen LogP) is 1.64. The van der Waals surface area contributed by atoms with E-state index in [1.807, 2.05) is 66.0 Å². The van der Waals surface area contributed by atoms with E-state index in [-0.39, 0.29) is 11.9 Å². The van der Waals surface area contributed by atoms with Crippen LogP contribution in [0.25, 0.3) is 0 Å². The number of nitrogens with one attached hydrogen (secondary N) is 1. The zero-order valence-electron chi connectivity index (χ0n) is 12.0. The van der Waals surface area contributed by atoms with E-state index in [4.69, 9.17) is 0 Å². The van der Waals surface area contributed by atoms with Gasteiger partial charge in [0.25, 0.3) is 5.91 Å². The maximum atomic E-state index is 12.1. The summed E-state index contributed by atoms with van der Waals surface area (Å²) in [6.45, 7) is 4.80. The molecule has 0 unspecified atom stereocenters. The smallest absolute Gasteiger partial charge is 0.275 e. The zero-order chi connectivity index (χ0) is 14.9. The number of rotatable bonds is 7. The van der Waals surface area contributed by atoms with Crippen LogP contribution in [0.3, 0.4) is 0 Å². The highest BCUT2D eigenvalue weighted by Gasteiger charge is 2.16. The number of benzene rings is 2. The molecule has 0 bridgehead atoms. The average Bonchev–Trinajstić information content (AvgIpc) is 2.54. The molecule has 0 heterocycles. The van der Waals surface area contributed by atoms with E-state index >= 15 is 0 Å². The van der Waals surface area contributed by atoms with E-state index in [1.165, 1.54) is 0 Å². The summed E-state index contributed by atoms with van der Waals surface area (Å²) in [5, 5.41) is 5.03. The van der Waals surface area contributed by atoms with E-state index in [2.05, 4.69) is 11.9 Å². The van der Waals surface area contributed by atoms with Crippen molar-refractivity contribution in [2.45, 2.75) is 6.04 Å². The van der Waals surface area contributed by atoms with Crippen LogP contribution in [0.4, 0.5) is 0 Å². The summed E-state index contributed by atoms with van der Waals surface area (Å²) in [7, 11) is 0. The summed E-state index contributed by atoms with van der Waals surface area (Å²) >= 11 is 0. The number of amides is 1. The molecule has 0 fully saturated rings. The normalized spacial score (nSPS) is 10.3. The quantitative estimate of drug-likeness (QED) is 0.588. The van der Waals surface area contributed by atoms with E-state index in [0.717, 1.165) is 17.7 Å². The maximum absolute atomic E-state index is 12.1. The molecule has 1 amide bonds. The Morgan fingerprint density at radius 3 is 2.05 bits per heavy atom. The SMILES string of the molecule is C=CC[NH2+]CC(=O)NC(c1ccccc1)c1ccccc1. The van der Waals surface area contributed by atoms with E-state index < -0.39 is 0 Å². The predicted molar refractivity (Wildman–Crippen MR) is 84.7 cm³/mol. The molecule has 0 aliphatic rings. The van der Waals surface area contributed by atoms with Crippen LogP contribution in [-0.2, 0) is 4.79 Å². The third-order valence-electron chi connectivity index (χ3n) is 3.23. The molecule has 0 saturated carbocycles. The number of carbonyl (C=O) groups is 1. The first-order chi connectivity index (χ1) is 10.3. The first kappa shape index (κ1) is 15.0. The van der Waals surface area contributed by atoms with Gasteiger partial charge in [-0.3, -0.25) is 4.79 Å². The van der Waals surface area contributed by atoms with Gasteiger partial charge in [-0.05, 0) is 17.2 Å². The molecular weight excluding hydrogens is 260 g/mol. The van der Waals surface area contributed by atoms with Crippen LogP contribution in [0, 0.1) is 0 Å². The molecule has 2 rings (SSSR count). The van der Waals surface area contributed by atoms with Crippen molar-refractivity contribution in [1.29, 1.82) is 0 Å². The lowest BCUT2D eigenvalue weighted by Crippen LogP contribution is -2.86. The molecule has 21 heavy (non-hydrogen) atoms. The second-order valence-corrected chi connectivity index (χ2v) is 4.84. The first-order valence-corrected chi connectivity index (χ1v) is 7.13. The second-order valence-electron chi connectivity index (χ2n) is 4.84. The van der Waals surface area contributed by atoms with Crippen molar-refractivity contribution in [3.05, 3.63) is 84.4 Å². The highest BCUT2D eigenvalue weighted by Crippen LogP contribution is 2.21. The van der Waals surface area contributed by atoms with Gasteiger partial charge < -0.3 is 10.6 Å². The molecule has 0 aromatic heterocycles. The highest BCUT2D eigenvalue weighted by molar-refractivity contribution is 5.77. The summed E-state index contributed by atoms with van der Waals surface area (Å²) < 4.78 is 0. The van der Waals surface area contributed by atoms with Gasteiger partial charge in [0.2, 0.25) is 0 Å². The van der Waals surface area contributed by atoms with E-state index in [9.17, 15) is 4.79 Å². The van der Waals surface area contributed by atoms with Crippen molar-refractivity contribution in [2.75, 3.05) is 13.1 Å². The lowest BCUT2D eigenvalue weighted by molar-refractivity contribution is -0.634. The molecule has 0 saturated heterocycles. The molecule has 0 radical (unpaired) electrons. The van der Waals surface area contributed by atoms with Crippen LogP contribution < -0.4 is 10.6 Å². The Kier molecular flexibility index (Phi) is 5.73. The summed E-state index contributed by atoms with van der Waals surface area (Å²) in [5.74, 6) is 0.0227. The Labute approximate surface area is 125 Å². The summed E-state index contributed by atoms with van der Waals surface area (Å²) in [6, 6.07) is 19.9. The van der Waals surface area contributed by atoms with Crippen molar-refractivity contribution in [3.63, 3.8) is 0 Å². The molecule has 2 aromatic rings. The van der Waals surface area contributed by atoms with Crippen LogP contribution in [0.2, 0.25) is 0 Å². The number of nitrogens with two attached hydrogens (primary N) is 1. The molecule has 0 aliphatic heterocycles. The molecule has 0 spiro atoms. The molecule has 0 atom stereocenters. The lowest BCUT2D eigenvalue weighted by atomic mass is 9.99. The topological polar surface area (TPSA) is 45.7 Å².